The molecule has 0 amide bonds. The van der Waals surface area contributed by atoms with E-state index in [2.05, 4.69) is 115 Å². The number of aryl methyl sites for hydroxylation is 2. The van der Waals surface area contributed by atoms with Crippen LogP contribution in [0.15, 0.2) is 97.6 Å². The molecule has 4 heterocycles. The number of fused-ring (bicyclic) bond motifs is 5. The van der Waals surface area contributed by atoms with E-state index in [1.54, 1.807) is 0 Å². The molecule has 1 aliphatic heterocycles. The maximum absolute atomic E-state index is 4.65. The van der Waals surface area contributed by atoms with Gasteiger partial charge in [0.25, 0.3) is 0 Å². The first-order valence-electron chi connectivity index (χ1n) is 13.6. The van der Waals surface area contributed by atoms with Gasteiger partial charge in [0.05, 0.1) is 22.1 Å². The topological polar surface area (TPSA) is 30.7 Å². The Morgan fingerprint density at radius 1 is 0.763 bits per heavy atom. The summed E-state index contributed by atoms with van der Waals surface area (Å²) in [5.41, 5.74) is 12.0. The summed E-state index contributed by atoms with van der Waals surface area (Å²) >= 11 is 0. The van der Waals surface area contributed by atoms with E-state index >= 15 is 0 Å². The lowest BCUT2D eigenvalue weighted by Gasteiger charge is -2.41. The van der Waals surface area contributed by atoms with Crippen molar-refractivity contribution in [3.05, 3.63) is 137 Å². The first-order valence-corrected chi connectivity index (χ1v) is 13.6. The normalized spacial score (nSPS) is 14.5. The van der Waals surface area contributed by atoms with E-state index in [4.69, 9.17) is 0 Å². The summed E-state index contributed by atoms with van der Waals surface area (Å²) in [5.74, 6) is 0.462. The number of hydrogen-bond acceptors (Lipinski definition) is 2. The summed E-state index contributed by atoms with van der Waals surface area (Å²) in [6, 6.07) is 27.3. The second kappa shape index (κ2) is 8.39. The SMILES string of the molecule is CCC(C)c1ccc2c(c1)C(c1cccnc1)(c1cccnc1)c1cc(C)cc3c4cc(C)ccc4n-2c13. The molecule has 0 spiro atoms. The minimum Gasteiger partial charge on any atom is -0.309 e. The minimum absolute atomic E-state index is 0.462. The van der Waals surface area contributed by atoms with Crippen LogP contribution in [0.1, 0.15) is 65.1 Å². The van der Waals surface area contributed by atoms with Gasteiger partial charge in [-0.15, -0.1) is 0 Å². The molecule has 1 aliphatic rings. The molecular weight excluding hydrogens is 462 g/mol. The fourth-order valence-corrected chi connectivity index (χ4v) is 6.64. The average Bonchev–Trinajstić information content (AvgIpc) is 3.27. The third kappa shape index (κ3) is 3.02. The van der Waals surface area contributed by atoms with Crippen molar-refractivity contribution in [2.45, 2.75) is 45.4 Å². The van der Waals surface area contributed by atoms with E-state index in [-0.39, 0.29) is 0 Å². The highest BCUT2D eigenvalue weighted by atomic mass is 15.0. The molecule has 0 saturated carbocycles. The average molecular weight is 494 g/mol. The van der Waals surface area contributed by atoms with Gasteiger partial charge < -0.3 is 4.57 Å². The summed E-state index contributed by atoms with van der Waals surface area (Å²) in [6.45, 7) is 8.99. The second-order valence-electron chi connectivity index (χ2n) is 10.9. The zero-order chi connectivity index (χ0) is 26.0. The predicted octanol–water partition coefficient (Wildman–Crippen LogP) is 8.40. The molecular formula is C35H31N3. The van der Waals surface area contributed by atoms with Crippen LogP contribution in [-0.2, 0) is 5.41 Å². The molecule has 1 unspecified atom stereocenters. The van der Waals surface area contributed by atoms with Gasteiger partial charge in [-0.3, -0.25) is 9.97 Å². The van der Waals surface area contributed by atoms with Crippen molar-refractivity contribution in [2.75, 3.05) is 0 Å². The van der Waals surface area contributed by atoms with Crippen molar-refractivity contribution in [3.8, 4) is 5.69 Å². The van der Waals surface area contributed by atoms with Crippen molar-refractivity contribution >= 4 is 21.8 Å². The molecule has 38 heavy (non-hydrogen) atoms. The number of pyridine rings is 2. The monoisotopic (exact) mass is 493 g/mol. The lowest BCUT2D eigenvalue weighted by atomic mass is 9.63. The second-order valence-corrected chi connectivity index (χ2v) is 10.9. The Kier molecular flexibility index (Phi) is 5.06. The number of nitrogens with zero attached hydrogens (tertiary/aromatic N) is 3. The van der Waals surface area contributed by atoms with Crippen LogP contribution >= 0.6 is 0 Å². The maximum atomic E-state index is 4.65. The van der Waals surface area contributed by atoms with Crippen LogP contribution in [0.4, 0.5) is 0 Å². The number of hydrogen-bond donors (Lipinski definition) is 0. The Hall–Kier alpha value is -4.24. The Morgan fingerprint density at radius 3 is 2.13 bits per heavy atom. The van der Waals surface area contributed by atoms with Gasteiger partial charge in [0.1, 0.15) is 0 Å². The molecule has 0 radical (unpaired) electrons. The van der Waals surface area contributed by atoms with Crippen molar-refractivity contribution in [1.29, 1.82) is 0 Å². The van der Waals surface area contributed by atoms with Gasteiger partial charge in [0.15, 0.2) is 0 Å². The molecule has 3 aromatic carbocycles. The number of benzene rings is 3. The largest absolute Gasteiger partial charge is 0.309 e. The van der Waals surface area contributed by atoms with Crippen LogP contribution in [0.2, 0.25) is 0 Å². The minimum atomic E-state index is -0.551. The molecule has 3 aromatic heterocycles. The summed E-state index contributed by atoms with van der Waals surface area (Å²) in [4.78, 5) is 9.29. The van der Waals surface area contributed by atoms with Gasteiger partial charge >= 0.3 is 0 Å². The summed E-state index contributed by atoms with van der Waals surface area (Å²) in [6.07, 6.45) is 8.92. The van der Waals surface area contributed by atoms with E-state index in [1.165, 1.54) is 55.3 Å². The van der Waals surface area contributed by atoms with Crippen LogP contribution in [0, 0.1) is 13.8 Å². The van der Waals surface area contributed by atoms with E-state index in [1.807, 2.05) is 24.8 Å². The van der Waals surface area contributed by atoms with E-state index in [0.29, 0.717) is 5.92 Å². The van der Waals surface area contributed by atoms with E-state index in [0.717, 1.165) is 17.5 Å². The van der Waals surface area contributed by atoms with Crippen molar-refractivity contribution < 1.29 is 0 Å². The zero-order valence-corrected chi connectivity index (χ0v) is 22.4. The molecule has 1 atom stereocenters. The molecule has 0 N–H and O–H groups in total. The zero-order valence-electron chi connectivity index (χ0n) is 22.4. The Balaban J connectivity index is 1.77. The van der Waals surface area contributed by atoms with Gasteiger partial charge in [-0.2, -0.15) is 0 Å². The van der Waals surface area contributed by atoms with Gasteiger partial charge in [0.2, 0.25) is 0 Å². The molecule has 0 aliphatic carbocycles. The molecule has 0 saturated heterocycles. The lowest BCUT2D eigenvalue weighted by molar-refractivity contribution is 0.699. The molecule has 7 rings (SSSR count). The molecule has 0 bridgehead atoms. The Labute approximate surface area is 223 Å². The van der Waals surface area contributed by atoms with Gasteiger partial charge in [-0.25, -0.2) is 0 Å². The highest BCUT2D eigenvalue weighted by Crippen LogP contribution is 2.54. The molecule has 3 heteroatoms. The van der Waals surface area contributed by atoms with Crippen LogP contribution in [-0.4, -0.2) is 14.5 Å². The molecule has 6 aromatic rings. The van der Waals surface area contributed by atoms with Crippen molar-refractivity contribution in [1.82, 2.24) is 14.5 Å². The van der Waals surface area contributed by atoms with Gasteiger partial charge in [-0.1, -0.05) is 61.4 Å². The van der Waals surface area contributed by atoms with Gasteiger partial charge in [-0.05, 0) is 90.4 Å². The fourth-order valence-electron chi connectivity index (χ4n) is 6.64. The van der Waals surface area contributed by atoms with Crippen LogP contribution in [0.5, 0.6) is 0 Å². The highest BCUT2D eigenvalue weighted by Gasteiger charge is 2.46. The third-order valence-corrected chi connectivity index (χ3v) is 8.60. The van der Waals surface area contributed by atoms with Gasteiger partial charge in [0, 0.05) is 35.6 Å². The summed E-state index contributed by atoms with van der Waals surface area (Å²) in [7, 11) is 0. The predicted molar refractivity (Wildman–Crippen MR) is 156 cm³/mol. The maximum Gasteiger partial charge on any atom is 0.0772 e. The first kappa shape index (κ1) is 22.9. The molecule has 3 nitrogen and oxygen atoms in total. The third-order valence-electron chi connectivity index (χ3n) is 8.60. The quantitative estimate of drug-likeness (QED) is 0.246. The number of aromatic nitrogens is 3. The van der Waals surface area contributed by atoms with E-state index in [9.17, 15) is 0 Å². The van der Waals surface area contributed by atoms with Crippen molar-refractivity contribution in [2.24, 2.45) is 0 Å². The van der Waals surface area contributed by atoms with Crippen molar-refractivity contribution in [3.63, 3.8) is 0 Å². The number of rotatable bonds is 4. The van der Waals surface area contributed by atoms with Crippen LogP contribution in [0.25, 0.3) is 27.5 Å². The van der Waals surface area contributed by atoms with E-state index < -0.39 is 5.41 Å². The summed E-state index contributed by atoms with van der Waals surface area (Å²) in [5, 5.41) is 2.60. The van der Waals surface area contributed by atoms with Crippen LogP contribution in [0.3, 0.4) is 0 Å². The fraction of sp³-hybridized carbons (Fsp3) is 0.200. The molecule has 0 fully saturated rings. The Morgan fingerprint density at radius 2 is 1.47 bits per heavy atom. The van der Waals surface area contributed by atoms with Crippen LogP contribution < -0.4 is 0 Å². The summed E-state index contributed by atoms with van der Waals surface area (Å²) < 4.78 is 2.50. The first-order chi connectivity index (χ1) is 18.5. The standard InChI is InChI=1S/C35H31N3/c1-5-24(4)25-11-13-33-30(19-25)35(26-8-6-14-36-20-26,27-9-7-15-37-21-27)31-18-23(3)17-29-28-16-22(2)10-12-32(28)38(33)34(29)31/h6-21,24H,5H2,1-4H3. The highest BCUT2D eigenvalue weighted by molar-refractivity contribution is 6.12. The smallest absolute Gasteiger partial charge is 0.0772 e. The Bertz CT molecular complexity index is 1790. The lowest BCUT2D eigenvalue weighted by Crippen LogP contribution is -2.36. The molecule has 186 valence electrons.